The Kier molecular flexibility index (Phi) is 7.03. The summed E-state index contributed by atoms with van der Waals surface area (Å²) in [4.78, 5) is 30.3. The van der Waals surface area contributed by atoms with Gasteiger partial charge in [-0.25, -0.2) is 0 Å². The average molecular weight is 454 g/mol. The van der Waals surface area contributed by atoms with Crippen LogP contribution in [0.3, 0.4) is 0 Å². The number of para-hydroxylation sites is 1. The molecule has 1 unspecified atom stereocenters. The molecule has 8 heteroatoms. The molecule has 4 rings (SSSR count). The summed E-state index contributed by atoms with van der Waals surface area (Å²) in [5.74, 6) is 1.66. The number of rotatable bonds is 7. The van der Waals surface area contributed by atoms with Crippen LogP contribution in [-0.2, 0) is 11.3 Å². The van der Waals surface area contributed by atoms with Crippen LogP contribution < -0.4 is 19.5 Å². The van der Waals surface area contributed by atoms with Gasteiger partial charge in [0.1, 0.15) is 11.8 Å². The molecule has 33 heavy (non-hydrogen) atoms. The molecular weight excluding hydrogens is 422 g/mol. The average Bonchev–Trinajstić information content (AvgIpc) is 3.30. The van der Waals surface area contributed by atoms with E-state index in [0.717, 1.165) is 36.7 Å². The van der Waals surface area contributed by atoms with E-state index in [9.17, 15) is 9.59 Å². The van der Waals surface area contributed by atoms with E-state index in [4.69, 9.17) is 14.2 Å². The molecule has 0 aromatic heterocycles. The van der Waals surface area contributed by atoms with E-state index < -0.39 is 6.04 Å². The second kappa shape index (κ2) is 10.1. The van der Waals surface area contributed by atoms with Gasteiger partial charge in [-0.1, -0.05) is 32.0 Å². The van der Waals surface area contributed by atoms with E-state index in [0.29, 0.717) is 24.4 Å². The molecule has 2 aromatic rings. The molecule has 0 spiro atoms. The lowest BCUT2D eigenvalue weighted by Crippen LogP contribution is -2.56. The van der Waals surface area contributed by atoms with Gasteiger partial charge in [0, 0.05) is 32.7 Å². The molecule has 2 aliphatic heterocycles. The molecule has 2 amide bonds. The fourth-order valence-corrected chi connectivity index (χ4v) is 4.19. The lowest BCUT2D eigenvalue weighted by molar-refractivity contribution is -0.136. The molecule has 0 radical (unpaired) electrons. The number of fused-ring (bicyclic) bond motifs is 1. The highest BCUT2D eigenvalue weighted by Gasteiger charge is 2.31. The van der Waals surface area contributed by atoms with Crippen molar-refractivity contribution in [3.05, 3.63) is 53.6 Å². The number of methoxy groups -OCH3 is 1. The molecule has 176 valence electrons. The van der Waals surface area contributed by atoms with Crippen LogP contribution in [-0.4, -0.2) is 67.7 Å². The van der Waals surface area contributed by atoms with Crippen molar-refractivity contribution in [1.82, 2.24) is 15.1 Å². The van der Waals surface area contributed by atoms with Crippen molar-refractivity contribution in [2.75, 3.05) is 40.1 Å². The minimum atomic E-state index is -0.595. The number of nitrogens with one attached hydrogen (secondary N) is 1. The number of benzene rings is 2. The van der Waals surface area contributed by atoms with Gasteiger partial charge in [0.05, 0.1) is 12.7 Å². The van der Waals surface area contributed by atoms with Crippen LogP contribution in [0.15, 0.2) is 42.5 Å². The molecule has 2 aromatic carbocycles. The van der Waals surface area contributed by atoms with Crippen LogP contribution in [0.5, 0.6) is 17.2 Å². The molecule has 0 aliphatic carbocycles. The minimum Gasteiger partial charge on any atom is -0.496 e. The Hall–Kier alpha value is -3.26. The first-order valence-corrected chi connectivity index (χ1v) is 11.3. The van der Waals surface area contributed by atoms with Gasteiger partial charge in [-0.05, 0) is 35.7 Å². The van der Waals surface area contributed by atoms with Gasteiger partial charge in [-0.2, -0.15) is 0 Å². The summed E-state index contributed by atoms with van der Waals surface area (Å²) >= 11 is 0. The molecular formula is C25H31N3O5. The Balaban J connectivity index is 1.34. The summed E-state index contributed by atoms with van der Waals surface area (Å²) in [7, 11) is 1.53. The standard InChI is InChI=1S/C25H31N3O5/c1-17(2)23(26-24(29)19-6-4-5-7-20(19)31-3)25(30)28-12-10-27(11-13-28)15-18-8-9-21-22(14-18)33-16-32-21/h4-9,14,17,23H,10-13,15-16H2,1-3H3,(H,26,29). The Morgan fingerprint density at radius 2 is 1.76 bits per heavy atom. The van der Waals surface area contributed by atoms with Crippen LogP contribution >= 0.6 is 0 Å². The van der Waals surface area contributed by atoms with Gasteiger partial charge in [-0.3, -0.25) is 14.5 Å². The summed E-state index contributed by atoms with van der Waals surface area (Å²) in [6.07, 6.45) is 0. The molecule has 0 bridgehead atoms. The Morgan fingerprint density at radius 1 is 1.03 bits per heavy atom. The van der Waals surface area contributed by atoms with Crippen molar-refractivity contribution in [2.24, 2.45) is 5.92 Å². The number of nitrogens with zero attached hydrogens (tertiary/aromatic N) is 2. The quantitative estimate of drug-likeness (QED) is 0.694. The lowest BCUT2D eigenvalue weighted by Gasteiger charge is -2.37. The predicted octanol–water partition coefficient (Wildman–Crippen LogP) is 2.52. The largest absolute Gasteiger partial charge is 0.496 e. The number of piperazine rings is 1. The maximum absolute atomic E-state index is 13.3. The zero-order chi connectivity index (χ0) is 23.4. The Labute approximate surface area is 194 Å². The maximum Gasteiger partial charge on any atom is 0.255 e. The fraction of sp³-hybridized carbons (Fsp3) is 0.440. The summed E-state index contributed by atoms with van der Waals surface area (Å²) in [5, 5.41) is 2.93. The highest BCUT2D eigenvalue weighted by molar-refractivity contribution is 5.99. The monoisotopic (exact) mass is 453 g/mol. The number of hydrogen-bond acceptors (Lipinski definition) is 6. The number of carbonyl (C=O) groups excluding carboxylic acids is 2. The second-order valence-corrected chi connectivity index (χ2v) is 8.68. The van der Waals surface area contributed by atoms with Gasteiger partial charge in [0.15, 0.2) is 11.5 Å². The van der Waals surface area contributed by atoms with E-state index in [-0.39, 0.29) is 24.5 Å². The molecule has 0 saturated carbocycles. The Morgan fingerprint density at radius 3 is 2.48 bits per heavy atom. The molecule has 1 saturated heterocycles. The third-order valence-corrected chi connectivity index (χ3v) is 6.10. The number of amides is 2. The zero-order valence-electron chi connectivity index (χ0n) is 19.4. The minimum absolute atomic E-state index is 0.0391. The summed E-state index contributed by atoms with van der Waals surface area (Å²) in [5.41, 5.74) is 1.58. The topological polar surface area (TPSA) is 80.3 Å². The van der Waals surface area contributed by atoms with Crippen molar-refractivity contribution in [2.45, 2.75) is 26.4 Å². The predicted molar refractivity (Wildman–Crippen MR) is 124 cm³/mol. The summed E-state index contributed by atoms with van der Waals surface area (Å²) in [6.45, 7) is 7.73. The molecule has 2 heterocycles. The first-order valence-electron chi connectivity index (χ1n) is 11.3. The Bertz CT molecular complexity index is 1000. The molecule has 1 atom stereocenters. The SMILES string of the molecule is COc1ccccc1C(=O)NC(C(=O)N1CCN(Cc2ccc3c(c2)OCO3)CC1)C(C)C. The van der Waals surface area contributed by atoms with Crippen LogP contribution in [0.25, 0.3) is 0 Å². The van der Waals surface area contributed by atoms with Crippen LogP contribution in [0, 0.1) is 5.92 Å². The highest BCUT2D eigenvalue weighted by Crippen LogP contribution is 2.32. The van der Waals surface area contributed by atoms with Crippen LogP contribution in [0.1, 0.15) is 29.8 Å². The number of carbonyl (C=O) groups is 2. The third kappa shape index (κ3) is 5.22. The van der Waals surface area contributed by atoms with E-state index in [1.54, 1.807) is 18.2 Å². The number of ether oxygens (including phenoxy) is 3. The summed E-state index contributed by atoms with van der Waals surface area (Å²) in [6, 6.07) is 12.4. The van der Waals surface area contributed by atoms with Crippen LogP contribution in [0.4, 0.5) is 0 Å². The highest BCUT2D eigenvalue weighted by atomic mass is 16.7. The molecule has 1 N–H and O–H groups in total. The van der Waals surface area contributed by atoms with E-state index in [2.05, 4.69) is 10.2 Å². The lowest BCUT2D eigenvalue weighted by atomic mass is 10.0. The van der Waals surface area contributed by atoms with Gasteiger partial charge in [-0.15, -0.1) is 0 Å². The van der Waals surface area contributed by atoms with Gasteiger partial charge in [0.25, 0.3) is 5.91 Å². The molecule has 8 nitrogen and oxygen atoms in total. The van der Waals surface area contributed by atoms with Crippen LogP contribution in [0.2, 0.25) is 0 Å². The smallest absolute Gasteiger partial charge is 0.255 e. The van der Waals surface area contributed by atoms with Gasteiger partial charge >= 0.3 is 0 Å². The first-order chi connectivity index (χ1) is 16.0. The van der Waals surface area contributed by atoms with Crippen molar-refractivity contribution in [3.8, 4) is 17.2 Å². The van der Waals surface area contributed by atoms with E-state index >= 15 is 0 Å². The third-order valence-electron chi connectivity index (χ3n) is 6.10. The van der Waals surface area contributed by atoms with E-state index in [1.165, 1.54) is 7.11 Å². The normalized spacial score (nSPS) is 16.5. The first kappa shape index (κ1) is 22.9. The van der Waals surface area contributed by atoms with Gasteiger partial charge in [0.2, 0.25) is 12.7 Å². The van der Waals surface area contributed by atoms with Crippen molar-refractivity contribution in [1.29, 1.82) is 0 Å². The molecule has 1 fully saturated rings. The van der Waals surface area contributed by atoms with Crippen molar-refractivity contribution in [3.63, 3.8) is 0 Å². The van der Waals surface area contributed by atoms with Crippen molar-refractivity contribution < 1.29 is 23.8 Å². The van der Waals surface area contributed by atoms with E-state index in [1.807, 2.05) is 43.0 Å². The summed E-state index contributed by atoms with van der Waals surface area (Å²) < 4.78 is 16.1. The zero-order valence-corrected chi connectivity index (χ0v) is 19.4. The maximum atomic E-state index is 13.3. The van der Waals surface area contributed by atoms with Crippen molar-refractivity contribution >= 4 is 11.8 Å². The second-order valence-electron chi connectivity index (χ2n) is 8.68. The van der Waals surface area contributed by atoms with Gasteiger partial charge < -0.3 is 24.4 Å². The molecule has 2 aliphatic rings. The number of hydrogen-bond donors (Lipinski definition) is 1. The fourth-order valence-electron chi connectivity index (χ4n) is 4.19.